The third-order valence-corrected chi connectivity index (χ3v) is 12.2. The van der Waals surface area contributed by atoms with Crippen molar-refractivity contribution < 1.29 is 0 Å². The van der Waals surface area contributed by atoms with Crippen LogP contribution in [0.15, 0.2) is 194 Å². The lowest BCUT2D eigenvalue weighted by atomic mass is 9.80. The van der Waals surface area contributed by atoms with Crippen LogP contribution in [0.5, 0.6) is 0 Å². The molecule has 0 aliphatic heterocycles. The van der Waals surface area contributed by atoms with Crippen molar-refractivity contribution in [3.8, 4) is 55.6 Å². The van der Waals surface area contributed by atoms with Gasteiger partial charge in [0.05, 0.1) is 0 Å². The highest BCUT2D eigenvalue weighted by Gasteiger charge is 2.36. The summed E-state index contributed by atoms with van der Waals surface area (Å²) in [5, 5.41) is 10.2. The van der Waals surface area contributed by atoms with Crippen LogP contribution in [0, 0.1) is 0 Å². The molecule has 0 bridgehead atoms. The van der Waals surface area contributed by atoms with Crippen molar-refractivity contribution in [1.29, 1.82) is 0 Å². The quantitative estimate of drug-likeness (QED) is 0.161. The highest BCUT2D eigenvalue weighted by Crippen LogP contribution is 2.51. The maximum absolute atomic E-state index is 2.44. The van der Waals surface area contributed by atoms with Gasteiger partial charge in [0.15, 0.2) is 0 Å². The summed E-state index contributed by atoms with van der Waals surface area (Å²) in [6, 6.07) is 72.2. The van der Waals surface area contributed by atoms with Crippen LogP contribution in [-0.2, 0) is 5.41 Å². The van der Waals surface area contributed by atoms with Crippen LogP contribution >= 0.6 is 0 Å². The molecule has 1 aliphatic carbocycles. The Bertz CT molecular complexity index is 3160. The lowest BCUT2D eigenvalue weighted by Crippen LogP contribution is -2.15. The summed E-state index contributed by atoms with van der Waals surface area (Å²) in [6.45, 7) is 4.77. The largest absolute Gasteiger partial charge is 0.0622 e. The zero-order chi connectivity index (χ0) is 36.7. The van der Waals surface area contributed by atoms with Crippen molar-refractivity contribution in [3.63, 3.8) is 0 Å². The van der Waals surface area contributed by atoms with E-state index in [4.69, 9.17) is 0 Å². The second-order valence-electron chi connectivity index (χ2n) is 15.7. The first-order valence-corrected chi connectivity index (χ1v) is 19.3. The molecule has 11 rings (SSSR count). The monoisotopic (exact) mass is 698 g/mol. The lowest BCUT2D eigenvalue weighted by molar-refractivity contribution is 0.661. The van der Waals surface area contributed by atoms with Gasteiger partial charge in [0.25, 0.3) is 0 Å². The van der Waals surface area contributed by atoms with Crippen LogP contribution in [0.4, 0.5) is 0 Å². The Hall–Kier alpha value is -6.76. The summed E-state index contributed by atoms with van der Waals surface area (Å²) in [6.07, 6.45) is 0. The van der Waals surface area contributed by atoms with Crippen molar-refractivity contribution in [2.75, 3.05) is 0 Å². The van der Waals surface area contributed by atoms with Crippen LogP contribution < -0.4 is 0 Å². The highest BCUT2D eigenvalue weighted by molar-refractivity contribution is 6.10. The van der Waals surface area contributed by atoms with Crippen molar-refractivity contribution in [2.24, 2.45) is 0 Å². The topological polar surface area (TPSA) is 0 Å². The number of fused-ring (bicyclic) bond motifs is 8. The first-order valence-electron chi connectivity index (χ1n) is 19.3. The van der Waals surface area contributed by atoms with Gasteiger partial charge in [-0.15, -0.1) is 0 Å². The number of hydrogen-bond donors (Lipinski definition) is 0. The maximum atomic E-state index is 2.44. The fraction of sp³-hybridized carbons (Fsp3) is 0.0545. The van der Waals surface area contributed by atoms with E-state index in [9.17, 15) is 0 Å². The summed E-state index contributed by atoms with van der Waals surface area (Å²) in [5.41, 5.74) is 15.4. The van der Waals surface area contributed by atoms with Crippen molar-refractivity contribution in [3.05, 3.63) is 205 Å². The standard InChI is InChI=1S/C55H38/c1-55(2)53-33-40(22-27-49(53)50-28-24-44(34-54(50)55)46-18-10-16-35-13-8-9-17-45(35)46)39-21-25-47-41(29-39)19-20-42-30-43(23-26-48(42)47)52-32-38-15-7-6-14-37(38)31-51(52)36-11-4-3-5-12-36/h3-34H,1-2H3. The minimum atomic E-state index is -0.114. The van der Waals surface area contributed by atoms with E-state index in [1.807, 2.05) is 0 Å². The van der Waals surface area contributed by atoms with Crippen molar-refractivity contribution in [2.45, 2.75) is 19.3 Å². The second kappa shape index (κ2) is 12.1. The molecule has 10 aromatic carbocycles. The minimum absolute atomic E-state index is 0.114. The van der Waals surface area contributed by atoms with Crippen LogP contribution in [0.3, 0.4) is 0 Å². The van der Waals surface area contributed by atoms with E-state index in [1.54, 1.807) is 0 Å². The number of rotatable bonds is 4. The molecular weight excluding hydrogens is 661 g/mol. The smallest absolute Gasteiger partial charge is 0.0159 e. The Morgan fingerprint density at radius 2 is 0.745 bits per heavy atom. The first-order chi connectivity index (χ1) is 27.0. The van der Waals surface area contributed by atoms with Gasteiger partial charge in [-0.1, -0.05) is 172 Å². The van der Waals surface area contributed by atoms with Gasteiger partial charge in [-0.05, 0) is 146 Å². The minimum Gasteiger partial charge on any atom is -0.0622 e. The molecule has 258 valence electrons. The van der Waals surface area contributed by atoms with Gasteiger partial charge in [0, 0.05) is 5.41 Å². The summed E-state index contributed by atoms with van der Waals surface area (Å²) in [4.78, 5) is 0. The predicted molar refractivity (Wildman–Crippen MR) is 236 cm³/mol. The molecule has 0 N–H and O–H groups in total. The Kier molecular flexibility index (Phi) is 7.00. The fourth-order valence-corrected chi connectivity index (χ4v) is 9.32. The maximum Gasteiger partial charge on any atom is 0.0159 e. The Morgan fingerprint density at radius 1 is 0.255 bits per heavy atom. The average Bonchev–Trinajstić information content (AvgIpc) is 3.47. The molecule has 0 spiro atoms. The van der Waals surface area contributed by atoms with Gasteiger partial charge in [-0.3, -0.25) is 0 Å². The van der Waals surface area contributed by atoms with Gasteiger partial charge in [-0.25, -0.2) is 0 Å². The zero-order valence-corrected chi connectivity index (χ0v) is 31.0. The van der Waals surface area contributed by atoms with E-state index in [0.717, 1.165) is 0 Å². The van der Waals surface area contributed by atoms with Crippen LogP contribution in [-0.4, -0.2) is 0 Å². The molecular formula is C55H38. The molecule has 0 saturated heterocycles. The SMILES string of the molecule is CC1(C)c2cc(-c3ccc4c(ccc5cc(-c6cc7ccccc7cc6-c6ccccc6)ccc54)c3)ccc2-c2ccc(-c3cccc4ccccc34)cc21. The number of benzene rings is 10. The van der Waals surface area contributed by atoms with Gasteiger partial charge in [0.2, 0.25) is 0 Å². The van der Waals surface area contributed by atoms with E-state index >= 15 is 0 Å². The Balaban J connectivity index is 0.956. The Labute approximate surface area is 322 Å². The van der Waals surface area contributed by atoms with E-state index in [1.165, 1.54) is 110 Å². The fourth-order valence-electron chi connectivity index (χ4n) is 9.32. The van der Waals surface area contributed by atoms with Crippen molar-refractivity contribution in [1.82, 2.24) is 0 Å². The zero-order valence-electron chi connectivity index (χ0n) is 31.0. The molecule has 0 unspecified atom stereocenters. The summed E-state index contributed by atoms with van der Waals surface area (Å²) < 4.78 is 0. The first kappa shape index (κ1) is 31.7. The van der Waals surface area contributed by atoms with E-state index in [0.29, 0.717) is 0 Å². The molecule has 0 nitrogen and oxygen atoms in total. The molecule has 1 aliphatic rings. The van der Waals surface area contributed by atoms with Gasteiger partial charge in [-0.2, -0.15) is 0 Å². The van der Waals surface area contributed by atoms with Gasteiger partial charge < -0.3 is 0 Å². The van der Waals surface area contributed by atoms with E-state index in [2.05, 4.69) is 208 Å². The summed E-state index contributed by atoms with van der Waals surface area (Å²) in [7, 11) is 0. The van der Waals surface area contributed by atoms with E-state index < -0.39 is 0 Å². The number of hydrogen-bond acceptors (Lipinski definition) is 0. The summed E-state index contributed by atoms with van der Waals surface area (Å²) >= 11 is 0. The molecule has 10 aromatic rings. The van der Waals surface area contributed by atoms with Crippen LogP contribution in [0.25, 0.3) is 98.7 Å². The second-order valence-corrected chi connectivity index (χ2v) is 15.7. The molecule has 0 atom stereocenters. The van der Waals surface area contributed by atoms with Gasteiger partial charge in [0.1, 0.15) is 0 Å². The van der Waals surface area contributed by atoms with Crippen LogP contribution in [0.2, 0.25) is 0 Å². The van der Waals surface area contributed by atoms with Crippen molar-refractivity contribution >= 4 is 43.1 Å². The molecule has 55 heavy (non-hydrogen) atoms. The molecule has 0 amide bonds. The lowest BCUT2D eigenvalue weighted by Gasteiger charge is -2.23. The van der Waals surface area contributed by atoms with Gasteiger partial charge >= 0.3 is 0 Å². The molecule has 0 heteroatoms. The third kappa shape index (κ3) is 5.06. The summed E-state index contributed by atoms with van der Waals surface area (Å²) in [5.74, 6) is 0. The molecule has 0 fully saturated rings. The molecule has 0 aromatic heterocycles. The predicted octanol–water partition coefficient (Wildman–Crippen LogP) is 15.3. The average molecular weight is 699 g/mol. The Morgan fingerprint density at radius 3 is 1.45 bits per heavy atom. The highest BCUT2D eigenvalue weighted by atomic mass is 14.4. The van der Waals surface area contributed by atoms with Crippen LogP contribution in [0.1, 0.15) is 25.0 Å². The normalized spacial score (nSPS) is 13.1. The third-order valence-electron chi connectivity index (χ3n) is 12.2. The molecule has 0 heterocycles. The molecule has 0 radical (unpaired) electrons. The molecule has 0 saturated carbocycles. The van der Waals surface area contributed by atoms with E-state index in [-0.39, 0.29) is 5.41 Å².